The fraction of sp³-hybridized carbons (Fsp3) is 0.600. The highest BCUT2D eigenvalue weighted by atomic mass is 19.4. The summed E-state index contributed by atoms with van der Waals surface area (Å²) in [6.07, 6.45) is -5.51. The van der Waals surface area contributed by atoms with Crippen LogP contribution in [-0.4, -0.2) is 23.0 Å². The van der Waals surface area contributed by atoms with Crippen LogP contribution in [0, 0.1) is 0 Å². The number of carbonyl (C=O) groups is 2. The second kappa shape index (κ2) is 2.21. The van der Waals surface area contributed by atoms with Crippen LogP contribution in [0.25, 0.3) is 0 Å². The molecule has 2 amide bonds. The summed E-state index contributed by atoms with van der Waals surface area (Å²) in [4.78, 5) is 20.2. The standard InChI is InChI=1S/C5H4F3NO2/c6-5(7,8)9-3(10)1-2-4(9)11/h1-2H2. The van der Waals surface area contributed by atoms with Gasteiger partial charge in [0, 0.05) is 12.8 Å². The van der Waals surface area contributed by atoms with Gasteiger partial charge in [0.05, 0.1) is 0 Å². The lowest BCUT2D eigenvalue weighted by molar-refractivity contribution is -0.232. The zero-order valence-electron chi connectivity index (χ0n) is 5.31. The number of likely N-dealkylation sites (tertiary alicyclic amines) is 1. The predicted octanol–water partition coefficient (Wildman–Crippen LogP) is 0.655. The highest BCUT2D eigenvalue weighted by molar-refractivity contribution is 6.02. The molecule has 62 valence electrons. The second-order valence-electron chi connectivity index (χ2n) is 2.09. The van der Waals surface area contributed by atoms with E-state index < -0.39 is 23.0 Å². The minimum absolute atomic E-state index is 0.335. The minimum atomic E-state index is -4.84. The summed E-state index contributed by atoms with van der Waals surface area (Å²) in [5.41, 5.74) is 0. The van der Waals surface area contributed by atoms with Crippen LogP contribution in [0.2, 0.25) is 0 Å². The van der Waals surface area contributed by atoms with Gasteiger partial charge in [-0.05, 0) is 0 Å². The van der Waals surface area contributed by atoms with Crippen molar-refractivity contribution in [2.45, 2.75) is 19.1 Å². The van der Waals surface area contributed by atoms with Gasteiger partial charge in [0.15, 0.2) is 0 Å². The fourth-order valence-corrected chi connectivity index (χ4v) is 0.859. The summed E-state index contributed by atoms with van der Waals surface area (Å²) >= 11 is 0. The van der Waals surface area contributed by atoms with Gasteiger partial charge in [0.2, 0.25) is 11.8 Å². The molecule has 1 aliphatic rings. The van der Waals surface area contributed by atoms with E-state index in [0.29, 0.717) is 0 Å². The first-order chi connectivity index (χ1) is 4.93. The Balaban J connectivity index is 2.85. The van der Waals surface area contributed by atoms with E-state index in [4.69, 9.17) is 0 Å². The number of hydrogen-bond donors (Lipinski definition) is 0. The van der Waals surface area contributed by atoms with Crippen molar-refractivity contribution in [1.82, 2.24) is 4.90 Å². The highest BCUT2D eigenvalue weighted by Gasteiger charge is 2.48. The zero-order valence-corrected chi connectivity index (χ0v) is 5.31. The van der Waals surface area contributed by atoms with E-state index in [9.17, 15) is 22.8 Å². The average molecular weight is 167 g/mol. The maximum Gasteiger partial charge on any atom is 0.493 e. The minimum Gasteiger partial charge on any atom is -0.274 e. The van der Waals surface area contributed by atoms with Crippen LogP contribution in [0.4, 0.5) is 13.2 Å². The van der Waals surface area contributed by atoms with Gasteiger partial charge < -0.3 is 0 Å². The van der Waals surface area contributed by atoms with Crippen molar-refractivity contribution in [3.05, 3.63) is 0 Å². The second-order valence-corrected chi connectivity index (χ2v) is 2.09. The number of imide groups is 1. The summed E-state index contributed by atoms with van der Waals surface area (Å²) in [5.74, 6) is -2.33. The van der Waals surface area contributed by atoms with Crippen molar-refractivity contribution in [3.8, 4) is 0 Å². The third kappa shape index (κ3) is 1.33. The predicted molar refractivity (Wildman–Crippen MR) is 27.1 cm³/mol. The lowest BCUT2D eigenvalue weighted by Crippen LogP contribution is -2.41. The Morgan fingerprint density at radius 1 is 1.09 bits per heavy atom. The van der Waals surface area contributed by atoms with Gasteiger partial charge in [-0.3, -0.25) is 9.59 Å². The van der Waals surface area contributed by atoms with E-state index >= 15 is 0 Å². The molecule has 1 rings (SSSR count). The van der Waals surface area contributed by atoms with Crippen molar-refractivity contribution in [1.29, 1.82) is 0 Å². The number of halogens is 3. The first-order valence-corrected chi connectivity index (χ1v) is 2.85. The SMILES string of the molecule is O=C1CCC(=O)N1C(F)(F)F. The molecule has 0 radical (unpaired) electrons. The smallest absolute Gasteiger partial charge is 0.274 e. The van der Waals surface area contributed by atoms with E-state index in [1.54, 1.807) is 0 Å². The van der Waals surface area contributed by atoms with Crippen LogP contribution in [0.3, 0.4) is 0 Å². The molecule has 0 aromatic carbocycles. The number of amides is 2. The summed E-state index contributed by atoms with van der Waals surface area (Å²) in [5, 5.41) is 0. The van der Waals surface area contributed by atoms with Gasteiger partial charge in [-0.25, -0.2) is 0 Å². The molecule has 1 aliphatic heterocycles. The van der Waals surface area contributed by atoms with Crippen LogP contribution in [-0.2, 0) is 9.59 Å². The molecule has 6 heteroatoms. The Labute approximate surface area is 59.8 Å². The molecule has 3 nitrogen and oxygen atoms in total. The van der Waals surface area contributed by atoms with Gasteiger partial charge in [-0.15, -0.1) is 13.2 Å². The Morgan fingerprint density at radius 2 is 1.45 bits per heavy atom. The van der Waals surface area contributed by atoms with Crippen molar-refractivity contribution in [3.63, 3.8) is 0 Å². The van der Waals surface area contributed by atoms with Crippen molar-refractivity contribution >= 4 is 11.8 Å². The molecule has 0 atom stereocenters. The highest BCUT2D eigenvalue weighted by Crippen LogP contribution is 2.27. The summed E-state index contributed by atoms with van der Waals surface area (Å²) in [6.45, 7) is 0. The Kier molecular flexibility index (Phi) is 1.62. The molecule has 1 heterocycles. The normalized spacial score (nSPS) is 19.7. The van der Waals surface area contributed by atoms with Crippen molar-refractivity contribution in [2.24, 2.45) is 0 Å². The first-order valence-electron chi connectivity index (χ1n) is 2.85. The van der Waals surface area contributed by atoms with Crippen LogP contribution in [0.1, 0.15) is 12.8 Å². The number of nitrogens with zero attached hydrogens (tertiary/aromatic N) is 1. The number of hydrogen-bond acceptors (Lipinski definition) is 2. The monoisotopic (exact) mass is 167 g/mol. The quantitative estimate of drug-likeness (QED) is 0.392. The lowest BCUT2D eigenvalue weighted by Gasteiger charge is -2.16. The van der Waals surface area contributed by atoms with Crippen LogP contribution < -0.4 is 0 Å². The van der Waals surface area contributed by atoms with E-state index in [1.165, 1.54) is 0 Å². The summed E-state index contributed by atoms with van der Waals surface area (Å²) in [7, 11) is 0. The van der Waals surface area contributed by atoms with Crippen LogP contribution in [0.5, 0.6) is 0 Å². The van der Waals surface area contributed by atoms with Crippen LogP contribution >= 0.6 is 0 Å². The molecule has 0 spiro atoms. The van der Waals surface area contributed by atoms with Gasteiger partial charge in [-0.2, -0.15) is 4.90 Å². The molecular weight excluding hydrogens is 163 g/mol. The van der Waals surface area contributed by atoms with E-state index in [0.717, 1.165) is 0 Å². The molecule has 11 heavy (non-hydrogen) atoms. The molecule has 0 N–H and O–H groups in total. The fourth-order valence-electron chi connectivity index (χ4n) is 0.859. The van der Waals surface area contributed by atoms with E-state index in [2.05, 4.69) is 0 Å². The maximum absolute atomic E-state index is 11.7. The third-order valence-corrected chi connectivity index (χ3v) is 1.31. The van der Waals surface area contributed by atoms with E-state index in [-0.39, 0.29) is 12.8 Å². The molecule has 0 bridgehead atoms. The molecule has 1 fully saturated rings. The number of carbonyl (C=O) groups excluding carboxylic acids is 2. The molecule has 0 saturated carbocycles. The Hall–Kier alpha value is -1.07. The summed E-state index contributed by atoms with van der Waals surface area (Å²) < 4.78 is 35.2. The first kappa shape index (κ1) is 8.03. The number of alkyl halides is 3. The Bertz CT molecular complexity index is 194. The third-order valence-electron chi connectivity index (χ3n) is 1.31. The van der Waals surface area contributed by atoms with Gasteiger partial charge >= 0.3 is 6.30 Å². The number of rotatable bonds is 0. The topological polar surface area (TPSA) is 37.4 Å². The molecular formula is C5H4F3NO2. The summed E-state index contributed by atoms with van der Waals surface area (Å²) in [6, 6.07) is 0. The van der Waals surface area contributed by atoms with Gasteiger partial charge in [-0.1, -0.05) is 0 Å². The van der Waals surface area contributed by atoms with Crippen molar-refractivity contribution in [2.75, 3.05) is 0 Å². The molecule has 0 aliphatic carbocycles. The van der Waals surface area contributed by atoms with Gasteiger partial charge in [0.1, 0.15) is 0 Å². The molecule has 1 saturated heterocycles. The van der Waals surface area contributed by atoms with Gasteiger partial charge in [0.25, 0.3) is 0 Å². The molecule has 0 unspecified atom stereocenters. The largest absolute Gasteiger partial charge is 0.493 e. The molecule has 0 aromatic rings. The Morgan fingerprint density at radius 3 is 1.64 bits per heavy atom. The van der Waals surface area contributed by atoms with Crippen LogP contribution in [0.15, 0.2) is 0 Å². The lowest BCUT2D eigenvalue weighted by atomic mass is 10.4. The van der Waals surface area contributed by atoms with Crippen molar-refractivity contribution < 1.29 is 22.8 Å². The average Bonchev–Trinajstić information content (AvgIpc) is 2.08. The van der Waals surface area contributed by atoms with E-state index in [1.807, 2.05) is 0 Å². The molecule has 0 aromatic heterocycles. The maximum atomic E-state index is 11.7. The zero-order chi connectivity index (χ0) is 8.65.